The van der Waals surface area contributed by atoms with Crippen LogP contribution in [-0.4, -0.2) is 26.4 Å². The van der Waals surface area contributed by atoms with Crippen LogP contribution < -0.4 is 5.73 Å². The van der Waals surface area contributed by atoms with Crippen LogP contribution in [0.15, 0.2) is 52.8 Å². The molecule has 8 nitrogen and oxygen atoms in total. The molecule has 0 saturated carbocycles. The number of aryl methyl sites for hydroxylation is 1. The fourth-order valence-corrected chi connectivity index (χ4v) is 2.23. The van der Waals surface area contributed by atoms with Crippen LogP contribution in [-0.2, 0) is 0 Å². The van der Waals surface area contributed by atoms with E-state index in [0.717, 1.165) is 5.56 Å². The molecule has 24 heavy (non-hydrogen) atoms. The van der Waals surface area contributed by atoms with Gasteiger partial charge in [-0.25, -0.2) is 9.78 Å². The van der Waals surface area contributed by atoms with Gasteiger partial charge in [0.1, 0.15) is 5.65 Å². The van der Waals surface area contributed by atoms with Gasteiger partial charge in [0.2, 0.25) is 5.91 Å². The zero-order valence-corrected chi connectivity index (χ0v) is 12.7. The molecular formula is C16H13N5O3. The average Bonchev–Trinajstić information content (AvgIpc) is 2.93. The zero-order valence-electron chi connectivity index (χ0n) is 12.7. The summed E-state index contributed by atoms with van der Waals surface area (Å²) >= 11 is 0. The van der Waals surface area contributed by atoms with E-state index in [-0.39, 0.29) is 11.5 Å². The lowest BCUT2D eigenvalue weighted by atomic mass is 10.2. The van der Waals surface area contributed by atoms with E-state index in [1.54, 1.807) is 28.8 Å². The summed E-state index contributed by atoms with van der Waals surface area (Å²) in [4.78, 5) is 26.6. The maximum absolute atomic E-state index is 11.4. The number of azo groups is 1. The number of aromatic nitrogens is 2. The summed E-state index contributed by atoms with van der Waals surface area (Å²) in [7, 11) is 0. The summed E-state index contributed by atoms with van der Waals surface area (Å²) in [5, 5.41) is 17.4. The molecule has 0 unspecified atom stereocenters. The number of hydrogen-bond donors (Lipinski definition) is 2. The monoisotopic (exact) mass is 323 g/mol. The molecule has 0 aliphatic rings. The smallest absolute Gasteiger partial charge is 0.358 e. The van der Waals surface area contributed by atoms with E-state index < -0.39 is 11.9 Å². The van der Waals surface area contributed by atoms with Crippen molar-refractivity contribution in [2.45, 2.75) is 6.92 Å². The third-order valence-electron chi connectivity index (χ3n) is 3.43. The normalized spacial score (nSPS) is 11.2. The number of nitrogens with zero attached hydrogens (tertiary/aromatic N) is 4. The summed E-state index contributed by atoms with van der Waals surface area (Å²) in [5.74, 6) is -1.60. The van der Waals surface area contributed by atoms with Gasteiger partial charge in [-0.3, -0.25) is 9.20 Å². The first-order chi connectivity index (χ1) is 11.5. The maximum atomic E-state index is 11.4. The molecule has 0 saturated heterocycles. The minimum atomic E-state index is -1.18. The number of rotatable bonds is 4. The molecule has 0 fully saturated rings. The molecular weight excluding hydrogens is 310 g/mol. The molecule has 0 radical (unpaired) electrons. The van der Waals surface area contributed by atoms with Crippen molar-refractivity contribution in [3.8, 4) is 0 Å². The number of benzene rings is 1. The van der Waals surface area contributed by atoms with E-state index in [9.17, 15) is 14.7 Å². The highest BCUT2D eigenvalue weighted by molar-refractivity contribution is 5.93. The number of primary amides is 1. The summed E-state index contributed by atoms with van der Waals surface area (Å²) in [5.41, 5.74) is 7.14. The number of pyridine rings is 1. The van der Waals surface area contributed by atoms with Gasteiger partial charge in [-0.05, 0) is 42.8 Å². The SMILES string of the molecule is Cc1cccn2c(N=Nc3ccc(C(N)=O)cc3)c(C(=O)O)nc12. The van der Waals surface area contributed by atoms with Crippen LogP contribution in [0.4, 0.5) is 11.5 Å². The Bertz CT molecular complexity index is 973. The highest BCUT2D eigenvalue weighted by atomic mass is 16.4. The summed E-state index contributed by atoms with van der Waals surface area (Å²) in [6.07, 6.45) is 1.67. The van der Waals surface area contributed by atoms with Crippen molar-refractivity contribution in [3.05, 3.63) is 59.4 Å². The van der Waals surface area contributed by atoms with Crippen molar-refractivity contribution >= 4 is 29.0 Å². The summed E-state index contributed by atoms with van der Waals surface area (Å²) in [6.45, 7) is 1.83. The molecule has 1 aromatic carbocycles. The predicted octanol–water partition coefficient (Wildman–Crippen LogP) is 2.86. The van der Waals surface area contributed by atoms with Crippen LogP contribution in [0.25, 0.3) is 5.65 Å². The lowest BCUT2D eigenvalue weighted by Crippen LogP contribution is -2.10. The van der Waals surface area contributed by atoms with Gasteiger partial charge >= 0.3 is 5.97 Å². The van der Waals surface area contributed by atoms with Gasteiger partial charge in [0.15, 0.2) is 11.5 Å². The van der Waals surface area contributed by atoms with Crippen molar-refractivity contribution in [3.63, 3.8) is 0 Å². The van der Waals surface area contributed by atoms with Crippen molar-refractivity contribution in [1.29, 1.82) is 0 Å². The first-order valence-corrected chi connectivity index (χ1v) is 7.00. The topological polar surface area (TPSA) is 122 Å². The minimum Gasteiger partial charge on any atom is -0.476 e. The Morgan fingerprint density at radius 3 is 2.50 bits per heavy atom. The van der Waals surface area contributed by atoms with Crippen molar-refractivity contribution in [2.75, 3.05) is 0 Å². The van der Waals surface area contributed by atoms with Crippen LogP contribution in [0.5, 0.6) is 0 Å². The number of imidazole rings is 1. The van der Waals surface area contributed by atoms with Crippen LogP contribution >= 0.6 is 0 Å². The molecule has 8 heteroatoms. The second kappa shape index (κ2) is 5.92. The quantitative estimate of drug-likeness (QED) is 0.716. The van der Waals surface area contributed by atoms with Gasteiger partial charge in [-0.15, -0.1) is 10.2 Å². The Balaban J connectivity index is 2.05. The Morgan fingerprint density at radius 2 is 1.88 bits per heavy atom. The second-order valence-electron chi connectivity index (χ2n) is 5.09. The Kier molecular flexibility index (Phi) is 3.78. The molecule has 120 valence electrons. The van der Waals surface area contributed by atoms with Crippen LogP contribution in [0.2, 0.25) is 0 Å². The maximum Gasteiger partial charge on any atom is 0.358 e. The molecule has 3 aromatic rings. The number of hydrogen-bond acceptors (Lipinski definition) is 5. The lowest BCUT2D eigenvalue weighted by Gasteiger charge is -1.99. The van der Waals surface area contributed by atoms with Gasteiger partial charge in [-0.2, -0.15) is 0 Å². The van der Waals surface area contributed by atoms with E-state index in [4.69, 9.17) is 5.73 Å². The van der Waals surface area contributed by atoms with Crippen molar-refractivity contribution in [1.82, 2.24) is 9.38 Å². The van der Waals surface area contributed by atoms with Gasteiger partial charge < -0.3 is 10.8 Å². The minimum absolute atomic E-state index is 0.125. The number of carbonyl (C=O) groups excluding carboxylic acids is 1. The number of carboxylic acid groups (broad SMARTS) is 1. The van der Waals surface area contributed by atoms with Crippen LogP contribution in [0.1, 0.15) is 26.4 Å². The van der Waals surface area contributed by atoms with Gasteiger partial charge in [0.05, 0.1) is 5.69 Å². The fourth-order valence-electron chi connectivity index (χ4n) is 2.23. The van der Waals surface area contributed by atoms with Gasteiger partial charge in [-0.1, -0.05) is 6.07 Å². The summed E-state index contributed by atoms with van der Waals surface area (Å²) < 4.78 is 1.57. The molecule has 2 heterocycles. The molecule has 0 aliphatic carbocycles. The lowest BCUT2D eigenvalue weighted by molar-refractivity contribution is 0.0692. The average molecular weight is 323 g/mol. The standard InChI is InChI=1S/C16H13N5O3/c1-9-3-2-8-21-14(9)18-12(16(23)24)15(21)20-19-11-6-4-10(5-7-11)13(17)22/h2-8H,1H3,(H2,17,22)(H,23,24). The summed E-state index contributed by atoms with van der Waals surface area (Å²) in [6, 6.07) is 9.78. The van der Waals surface area contributed by atoms with Crippen LogP contribution in [0.3, 0.4) is 0 Å². The van der Waals surface area contributed by atoms with Crippen molar-refractivity contribution in [2.24, 2.45) is 16.0 Å². The Morgan fingerprint density at radius 1 is 1.17 bits per heavy atom. The number of carbonyl (C=O) groups is 2. The molecule has 2 aromatic heterocycles. The second-order valence-corrected chi connectivity index (χ2v) is 5.09. The predicted molar refractivity (Wildman–Crippen MR) is 86.0 cm³/mol. The molecule has 0 atom stereocenters. The first kappa shape index (κ1) is 15.3. The van der Waals surface area contributed by atoms with Crippen LogP contribution in [0, 0.1) is 6.92 Å². The largest absolute Gasteiger partial charge is 0.476 e. The Labute approximate surface area is 136 Å². The zero-order chi connectivity index (χ0) is 17.3. The third-order valence-corrected chi connectivity index (χ3v) is 3.43. The number of amides is 1. The number of carboxylic acids is 1. The van der Waals surface area contributed by atoms with E-state index in [0.29, 0.717) is 16.9 Å². The number of aromatic carboxylic acids is 1. The van der Waals surface area contributed by atoms with E-state index in [1.165, 1.54) is 12.1 Å². The van der Waals surface area contributed by atoms with E-state index in [1.807, 2.05) is 13.0 Å². The first-order valence-electron chi connectivity index (χ1n) is 7.00. The van der Waals surface area contributed by atoms with E-state index >= 15 is 0 Å². The highest BCUT2D eigenvalue weighted by Crippen LogP contribution is 2.25. The van der Waals surface area contributed by atoms with Gasteiger partial charge in [0.25, 0.3) is 0 Å². The molecule has 3 N–H and O–H groups in total. The molecule has 0 spiro atoms. The molecule has 3 rings (SSSR count). The third kappa shape index (κ3) is 2.72. The number of fused-ring (bicyclic) bond motifs is 1. The van der Waals surface area contributed by atoms with E-state index in [2.05, 4.69) is 15.2 Å². The molecule has 0 aliphatic heterocycles. The highest BCUT2D eigenvalue weighted by Gasteiger charge is 2.19. The van der Waals surface area contributed by atoms with Crippen molar-refractivity contribution < 1.29 is 14.7 Å². The van der Waals surface area contributed by atoms with Gasteiger partial charge in [0, 0.05) is 11.8 Å². The number of nitrogens with two attached hydrogens (primary N) is 1. The molecule has 0 bridgehead atoms. The Hall–Kier alpha value is -3.55. The molecule has 1 amide bonds. The fraction of sp³-hybridized carbons (Fsp3) is 0.0625.